The lowest BCUT2D eigenvalue weighted by Gasteiger charge is -2.41. The molecule has 1 unspecified atom stereocenters. The number of hydrogen-bond acceptors (Lipinski definition) is 3. The van der Waals surface area contributed by atoms with Gasteiger partial charge in [0.2, 0.25) is 0 Å². The third kappa shape index (κ3) is 3.80. The van der Waals surface area contributed by atoms with Crippen LogP contribution in [0.1, 0.15) is 38.3 Å². The monoisotopic (exact) mass is 305 g/mol. The predicted octanol–water partition coefficient (Wildman–Crippen LogP) is 3.30. The van der Waals surface area contributed by atoms with Crippen LogP contribution in [0.4, 0.5) is 4.39 Å². The Morgan fingerprint density at radius 2 is 1.77 bits per heavy atom. The van der Waals surface area contributed by atoms with E-state index in [9.17, 15) is 4.39 Å². The highest BCUT2D eigenvalue weighted by Crippen LogP contribution is 2.35. The van der Waals surface area contributed by atoms with E-state index in [1.54, 1.807) is 6.92 Å². The highest BCUT2D eigenvalue weighted by molar-refractivity contribution is 5.30. The van der Waals surface area contributed by atoms with Crippen molar-refractivity contribution in [3.63, 3.8) is 0 Å². The number of likely N-dealkylation sites (N-methyl/N-ethyl adjacent to an activating group) is 1. The van der Waals surface area contributed by atoms with Gasteiger partial charge in [0.05, 0.1) is 11.7 Å². The first-order valence-corrected chi connectivity index (χ1v) is 7.93. The minimum absolute atomic E-state index is 0.0927. The van der Waals surface area contributed by atoms with Crippen LogP contribution in [0.3, 0.4) is 0 Å². The normalized spacial score (nSPS) is 20.7. The van der Waals surface area contributed by atoms with Crippen LogP contribution >= 0.6 is 0 Å². The zero-order chi connectivity index (χ0) is 16.3. The zero-order valence-electron chi connectivity index (χ0n) is 14.1. The molecule has 4 heteroatoms. The average molecular weight is 305 g/mol. The molecule has 1 heterocycles. The van der Waals surface area contributed by atoms with E-state index in [0.29, 0.717) is 25.9 Å². The Bertz CT molecular complexity index is 508. The van der Waals surface area contributed by atoms with Crippen molar-refractivity contribution in [2.45, 2.75) is 38.4 Å². The highest BCUT2D eigenvalue weighted by Gasteiger charge is 2.33. The third-order valence-corrected chi connectivity index (χ3v) is 4.44. The van der Waals surface area contributed by atoms with Crippen molar-refractivity contribution in [3.8, 4) is 0 Å². The van der Waals surface area contributed by atoms with E-state index in [2.05, 4.69) is 36.0 Å². The van der Waals surface area contributed by atoms with E-state index in [1.165, 1.54) is 5.56 Å². The maximum atomic E-state index is 14.1. The fourth-order valence-electron chi connectivity index (χ4n) is 3.19. The summed E-state index contributed by atoms with van der Waals surface area (Å²) in [6.07, 6.45) is 1.11. The van der Waals surface area contributed by atoms with E-state index in [0.717, 1.165) is 11.4 Å². The second-order valence-electron chi connectivity index (χ2n) is 6.75. The van der Waals surface area contributed by atoms with Gasteiger partial charge >= 0.3 is 0 Å². The SMILES string of the molecule is C/C(N)=C(\C(c1ccccc1)N(C)C)N1CCC(C)(F)CC1. The van der Waals surface area contributed by atoms with Crippen LogP contribution in [0, 0.1) is 0 Å². The van der Waals surface area contributed by atoms with Gasteiger partial charge in [-0.15, -0.1) is 0 Å². The summed E-state index contributed by atoms with van der Waals surface area (Å²) in [5.74, 6) is 0. The maximum Gasteiger partial charge on any atom is 0.111 e. The summed E-state index contributed by atoms with van der Waals surface area (Å²) >= 11 is 0. The Morgan fingerprint density at radius 1 is 1.23 bits per heavy atom. The molecule has 122 valence electrons. The molecule has 0 aliphatic carbocycles. The molecule has 0 aromatic heterocycles. The number of alkyl halides is 1. The van der Waals surface area contributed by atoms with Crippen LogP contribution < -0.4 is 5.73 Å². The minimum atomic E-state index is -1.05. The smallest absolute Gasteiger partial charge is 0.111 e. The Labute approximate surface area is 133 Å². The number of allylic oxidation sites excluding steroid dienone is 1. The molecule has 1 aliphatic rings. The van der Waals surface area contributed by atoms with Crippen LogP contribution in [-0.2, 0) is 0 Å². The van der Waals surface area contributed by atoms with Gasteiger partial charge in [-0.25, -0.2) is 4.39 Å². The van der Waals surface area contributed by atoms with Crippen LogP contribution in [-0.4, -0.2) is 42.7 Å². The topological polar surface area (TPSA) is 32.5 Å². The van der Waals surface area contributed by atoms with Crippen LogP contribution in [0.25, 0.3) is 0 Å². The number of nitrogens with zero attached hydrogens (tertiary/aromatic N) is 2. The van der Waals surface area contributed by atoms with Gasteiger partial charge in [0.1, 0.15) is 5.67 Å². The molecular formula is C18H28FN3. The first-order chi connectivity index (χ1) is 10.3. The van der Waals surface area contributed by atoms with Crippen molar-refractivity contribution in [2.24, 2.45) is 5.73 Å². The van der Waals surface area contributed by atoms with Crippen molar-refractivity contribution in [1.29, 1.82) is 0 Å². The van der Waals surface area contributed by atoms with E-state index in [4.69, 9.17) is 5.73 Å². The molecule has 1 aromatic rings. The van der Waals surface area contributed by atoms with Gasteiger partial charge < -0.3 is 10.6 Å². The lowest BCUT2D eigenvalue weighted by Crippen LogP contribution is -2.43. The quantitative estimate of drug-likeness (QED) is 0.926. The highest BCUT2D eigenvalue weighted by atomic mass is 19.1. The van der Waals surface area contributed by atoms with E-state index in [1.807, 2.05) is 25.1 Å². The Hall–Kier alpha value is -1.55. The number of benzene rings is 1. The summed E-state index contributed by atoms with van der Waals surface area (Å²) in [7, 11) is 4.12. The fourth-order valence-corrected chi connectivity index (χ4v) is 3.19. The number of halogens is 1. The maximum absolute atomic E-state index is 14.1. The second-order valence-corrected chi connectivity index (χ2v) is 6.75. The van der Waals surface area contributed by atoms with Crippen molar-refractivity contribution < 1.29 is 4.39 Å². The Balaban J connectivity index is 2.32. The van der Waals surface area contributed by atoms with E-state index < -0.39 is 5.67 Å². The van der Waals surface area contributed by atoms with E-state index >= 15 is 0 Å². The lowest BCUT2D eigenvalue weighted by atomic mass is 9.93. The molecular weight excluding hydrogens is 277 g/mol. The van der Waals surface area contributed by atoms with Gasteiger partial charge in [0, 0.05) is 18.8 Å². The molecule has 0 spiro atoms. The fraction of sp³-hybridized carbons (Fsp3) is 0.556. The molecule has 0 saturated carbocycles. The van der Waals surface area contributed by atoms with Crippen molar-refractivity contribution in [3.05, 3.63) is 47.3 Å². The molecule has 1 aromatic carbocycles. The van der Waals surface area contributed by atoms with Gasteiger partial charge in [0.25, 0.3) is 0 Å². The van der Waals surface area contributed by atoms with Gasteiger partial charge in [-0.05, 0) is 46.3 Å². The van der Waals surface area contributed by atoms with Crippen LogP contribution in [0.15, 0.2) is 41.7 Å². The number of likely N-dealkylation sites (tertiary alicyclic amines) is 1. The van der Waals surface area contributed by atoms with E-state index in [-0.39, 0.29) is 6.04 Å². The average Bonchev–Trinajstić information content (AvgIpc) is 2.45. The molecule has 22 heavy (non-hydrogen) atoms. The molecule has 0 radical (unpaired) electrons. The van der Waals surface area contributed by atoms with Crippen molar-refractivity contribution in [2.75, 3.05) is 27.2 Å². The van der Waals surface area contributed by atoms with Crippen molar-refractivity contribution in [1.82, 2.24) is 9.80 Å². The summed E-state index contributed by atoms with van der Waals surface area (Å²) in [5, 5.41) is 0. The molecule has 1 aliphatic heterocycles. The number of piperidine rings is 1. The second kappa shape index (κ2) is 6.69. The van der Waals surface area contributed by atoms with Crippen LogP contribution in [0.2, 0.25) is 0 Å². The molecule has 2 rings (SSSR count). The lowest BCUT2D eigenvalue weighted by molar-refractivity contribution is 0.0807. The molecule has 2 N–H and O–H groups in total. The summed E-state index contributed by atoms with van der Waals surface area (Å²) in [6, 6.07) is 10.4. The largest absolute Gasteiger partial charge is 0.401 e. The summed E-state index contributed by atoms with van der Waals surface area (Å²) < 4.78 is 14.1. The van der Waals surface area contributed by atoms with Gasteiger partial charge in [-0.1, -0.05) is 30.3 Å². The number of rotatable bonds is 4. The summed E-state index contributed by atoms with van der Waals surface area (Å²) in [4.78, 5) is 4.43. The number of nitrogens with two attached hydrogens (primary N) is 1. The first kappa shape index (κ1) is 16.8. The summed E-state index contributed by atoms with van der Waals surface area (Å²) in [6.45, 7) is 5.07. The predicted molar refractivity (Wildman–Crippen MR) is 90.1 cm³/mol. The summed E-state index contributed by atoms with van der Waals surface area (Å²) in [5.41, 5.74) is 8.30. The number of hydrogen-bond donors (Lipinski definition) is 1. The molecule has 0 amide bonds. The molecule has 1 saturated heterocycles. The van der Waals surface area contributed by atoms with Crippen molar-refractivity contribution >= 4 is 0 Å². The zero-order valence-corrected chi connectivity index (χ0v) is 14.1. The van der Waals surface area contributed by atoms with Gasteiger partial charge in [-0.2, -0.15) is 0 Å². The Kier molecular flexibility index (Phi) is 5.12. The molecule has 3 nitrogen and oxygen atoms in total. The molecule has 0 bridgehead atoms. The Morgan fingerprint density at radius 3 is 2.23 bits per heavy atom. The molecule has 1 atom stereocenters. The van der Waals surface area contributed by atoms with Gasteiger partial charge in [-0.3, -0.25) is 4.90 Å². The van der Waals surface area contributed by atoms with Gasteiger partial charge in [0.15, 0.2) is 0 Å². The first-order valence-electron chi connectivity index (χ1n) is 7.93. The third-order valence-electron chi connectivity index (χ3n) is 4.44. The van der Waals surface area contributed by atoms with Crippen LogP contribution in [0.5, 0.6) is 0 Å². The molecule has 1 fully saturated rings. The minimum Gasteiger partial charge on any atom is -0.401 e. The standard InChI is InChI=1S/C18H28FN3/c1-14(20)16(22-12-10-18(2,19)11-13-22)17(21(3)4)15-8-6-5-7-9-15/h5-9,17H,10-13,20H2,1-4H3/b16-14-.